The topological polar surface area (TPSA) is 204 Å². The van der Waals surface area contributed by atoms with Crippen LogP contribution in [-0.2, 0) is 30.6 Å². The van der Waals surface area contributed by atoms with Gasteiger partial charge in [0.05, 0.1) is 13.2 Å². The Labute approximate surface area is 235 Å². The predicted octanol–water partition coefficient (Wildman–Crippen LogP) is 0.294. The van der Waals surface area contributed by atoms with Gasteiger partial charge in [0, 0.05) is 29.6 Å². The Morgan fingerprint density at radius 3 is 2.67 bits per heavy atom. The van der Waals surface area contributed by atoms with Crippen molar-refractivity contribution in [1.29, 1.82) is 0 Å². The molecular weight excluding hydrogens is 572 g/mol. The SMILES string of the molecule is CCCn1nnnc1SCC1=C(C(=O)O)N2C(=O)C(NC(=O)C(c3nsc(N)n3)N(OCC)OCC)[C@H]2SC1. The molecule has 2 aromatic heterocycles. The number of hydrogen-bond acceptors (Lipinski definition) is 15. The lowest BCUT2D eigenvalue weighted by atomic mass is 10.0. The summed E-state index contributed by atoms with van der Waals surface area (Å²) in [6, 6.07) is -2.21. The standard InChI is InChI=1S/C20H28N10O6S3/c1-4-7-28-20(24-26-27-28)38-9-10-8-37-17-11(16(32)29(17)12(10)18(33)34)22-15(31)13(14-23-19(21)39-25-14)30(35-5-2)36-6-3/h11,13,17H,4-9H2,1-3H3,(H,22,31)(H,33,34)(H2,21,23,25)/t11?,13?,17-/m1/s1. The van der Waals surface area contributed by atoms with Crippen LogP contribution >= 0.6 is 35.1 Å². The molecule has 2 aliphatic rings. The van der Waals surface area contributed by atoms with E-state index in [1.165, 1.54) is 28.4 Å². The van der Waals surface area contributed by atoms with Crippen LogP contribution in [0.15, 0.2) is 16.4 Å². The maximum Gasteiger partial charge on any atom is 0.352 e. The Bertz CT molecular complexity index is 1230. The van der Waals surface area contributed by atoms with E-state index in [9.17, 15) is 19.5 Å². The largest absolute Gasteiger partial charge is 0.477 e. The number of hydrogen-bond donors (Lipinski definition) is 3. The maximum absolute atomic E-state index is 13.4. The van der Waals surface area contributed by atoms with Crippen molar-refractivity contribution in [2.45, 2.75) is 56.4 Å². The monoisotopic (exact) mass is 600 g/mol. The summed E-state index contributed by atoms with van der Waals surface area (Å²) in [7, 11) is 0. The number of aliphatic carboxylic acids is 1. The fourth-order valence-electron chi connectivity index (χ4n) is 3.94. The second kappa shape index (κ2) is 13.0. The first-order chi connectivity index (χ1) is 18.8. The second-order valence-corrected chi connectivity index (χ2v) is 11.0. The number of nitrogens with one attached hydrogen (secondary N) is 1. The van der Waals surface area contributed by atoms with Crippen molar-refractivity contribution in [3.05, 3.63) is 17.1 Å². The second-order valence-electron chi connectivity index (χ2n) is 8.14. The molecule has 1 fully saturated rings. The van der Waals surface area contributed by atoms with Crippen LogP contribution in [0.5, 0.6) is 0 Å². The average molecular weight is 601 g/mol. The molecule has 212 valence electrons. The number of amides is 2. The number of carboxylic acid groups (broad SMARTS) is 1. The summed E-state index contributed by atoms with van der Waals surface area (Å²) in [4.78, 5) is 55.0. The molecule has 2 aliphatic heterocycles. The number of anilines is 1. The molecule has 39 heavy (non-hydrogen) atoms. The van der Waals surface area contributed by atoms with Crippen LogP contribution < -0.4 is 11.1 Å². The summed E-state index contributed by atoms with van der Waals surface area (Å²) < 4.78 is 5.77. The number of thioether (sulfide) groups is 2. The van der Waals surface area contributed by atoms with E-state index < -0.39 is 35.2 Å². The van der Waals surface area contributed by atoms with Crippen molar-refractivity contribution in [1.82, 2.24) is 45.0 Å². The van der Waals surface area contributed by atoms with Crippen LogP contribution in [0.4, 0.5) is 5.13 Å². The van der Waals surface area contributed by atoms with Crippen LogP contribution in [-0.4, -0.2) is 98.7 Å². The fraction of sp³-hybridized carbons (Fsp3) is 0.600. The van der Waals surface area contributed by atoms with Gasteiger partial charge in [-0.1, -0.05) is 18.7 Å². The van der Waals surface area contributed by atoms with Gasteiger partial charge in [-0.3, -0.25) is 24.2 Å². The number of aryl methyl sites for hydroxylation is 1. The summed E-state index contributed by atoms with van der Waals surface area (Å²) >= 11 is 3.57. The number of fused-ring (bicyclic) bond motifs is 1. The van der Waals surface area contributed by atoms with Gasteiger partial charge in [0.25, 0.3) is 11.8 Å². The highest BCUT2D eigenvalue weighted by Gasteiger charge is 2.55. The van der Waals surface area contributed by atoms with Gasteiger partial charge in [-0.2, -0.15) is 4.37 Å². The number of rotatable bonds is 14. The van der Waals surface area contributed by atoms with Crippen LogP contribution in [0, 0.1) is 0 Å². The van der Waals surface area contributed by atoms with Gasteiger partial charge in [-0.05, 0) is 41.5 Å². The molecule has 0 aliphatic carbocycles. The third-order valence-corrected chi connectivity index (χ3v) is 8.47. The van der Waals surface area contributed by atoms with Gasteiger partial charge in [-0.25, -0.2) is 14.5 Å². The molecule has 4 N–H and O–H groups in total. The smallest absolute Gasteiger partial charge is 0.352 e. The molecule has 0 saturated carbocycles. The minimum absolute atomic E-state index is 0.0488. The first-order valence-electron chi connectivity index (χ1n) is 12.0. The first-order valence-corrected chi connectivity index (χ1v) is 14.8. The summed E-state index contributed by atoms with van der Waals surface area (Å²) in [6.45, 7) is 6.45. The molecule has 0 radical (unpaired) electrons. The normalized spacial score (nSPS) is 19.7. The van der Waals surface area contributed by atoms with E-state index >= 15 is 0 Å². The first kappa shape index (κ1) is 29.2. The predicted molar refractivity (Wildman–Crippen MR) is 141 cm³/mol. The molecule has 16 nitrogen and oxygen atoms in total. The molecule has 0 bridgehead atoms. The van der Waals surface area contributed by atoms with Gasteiger partial charge >= 0.3 is 5.97 Å². The zero-order valence-electron chi connectivity index (χ0n) is 21.3. The molecule has 2 amide bonds. The highest BCUT2D eigenvalue weighted by Crippen LogP contribution is 2.41. The molecule has 4 rings (SSSR count). The van der Waals surface area contributed by atoms with Crippen molar-refractivity contribution in [3.8, 4) is 0 Å². The summed E-state index contributed by atoms with van der Waals surface area (Å²) in [5.41, 5.74) is 6.20. The molecular formula is C20H28N10O6S3. The van der Waals surface area contributed by atoms with Crippen molar-refractivity contribution >= 4 is 58.0 Å². The van der Waals surface area contributed by atoms with Crippen LogP contribution in [0.2, 0.25) is 0 Å². The molecule has 2 unspecified atom stereocenters. The molecule has 2 aromatic rings. The molecule has 4 heterocycles. The minimum Gasteiger partial charge on any atom is -0.477 e. The van der Waals surface area contributed by atoms with E-state index in [2.05, 4.69) is 30.2 Å². The summed E-state index contributed by atoms with van der Waals surface area (Å²) in [6.07, 6.45) is 0.842. The highest BCUT2D eigenvalue weighted by atomic mass is 32.2. The number of nitrogen functional groups attached to an aromatic ring is 1. The lowest BCUT2D eigenvalue weighted by Gasteiger charge is -2.49. The van der Waals surface area contributed by atoms with Gasteiger partial charge in [0.15, 0.2) is 11.0 Å². The lowest BCUT2D eigenvalue weighted by Crippen LogP contribution is -2.71. The molecule has 0 spiro atoms. The quantitative estimate of drug-likeness (QED) is 0.151. The van der Waals surface area contributed by atoms with Gasteiger partial charge in [0.1, 0.15) is 17.1 Å². The van der Waals surface area contributed by atoms with Crippen LogP contribution in [0.1, 0.15) is 39.1 Å². The van der Waals surface area contributed by atoms with E-state index in [1.54, 1.807) is 18.5 Å². The van der Waals surface area contributed by atoms with Gasteiger partial charge in [-0.15, -0.1) is 16.9 Å². The third kappa shape index (κ3) is 6.17. The van der Waals surface area contributed by atoms with E-state index in [4.69, 9.17) is 15.4 Å². The molecule has 19 heteroatoms. The number of carbonyl (C=O) groups is 3. The zero-order valence-corrected chi connectivity index (χ0v) is 23.8. The van der Waals surface area contributed by atoms with Crippen LogP contribution in [0.25, 0.3) is 0 Å². The maximum atomic E-state index is 13.4. The lowest BCUT2D eigenvalue weighted by molar-refractivity contribution is -0.382. The van der Waals surface area contributed by atoms with E-state index in [-0.39, 0.29) is 29.9 Å². The van der Waals surface area contributed by atoms with E-state index in [0.29, 0.717) is 28.8 Å². The van der Waals surface area contributed by atoms with Crippen molar-refractivity contribution in [2.24, 2.45) is 0 Å². The summed E-state index contributed by atoms with van der Waals surface area (Å²) in [5.74, 6) is -1.72. The third-order valence-electron chi connectivity index (χ3n) is 5.53. The number of aromatic nitrogens is 6. The van der Waals surface area contributed by atoms with E-state index in [1.807, 2.05) is 6.92 Å². The van der Waals surface area contributed by atoms with Crippen molar-refractivity contribution in [2.75, 3.05) is 30.5 Å². The fourth-order valence-corrected chi connectivity index (χ4v) is 6.79. The number of β-lactam (4-membered cyclic amide) rings is 1. The van der Waals surface area contributed by atoms with Gasteiger partial charge < -0.3 is 16.2 Å². The Hall–Kier alpha value is -2.84. The molecule has 3 atom stereocenters. The Kier molecular flexibility index (Phi) is 9.72. The Balaban J connectivity index is 1.50. The molecule has 0 aromatic carbocycles. The van der Waals surface area contributed by atoms with Crippen molar-refractivity contribution in [3.63, 3.8) is 0 Å². The average Bonchev–Trinajstić information content (AvgIpc) is 3.54. The minimum atomic E-state index is -1.25. The summed E-state index contributed by atoms with van der Waals surface area (Å²) in [5, 5.41) is 25.4. The van der Waals surface area contributed by atoms with E-state index in [0.717, 1.165) is 23.2 Å². The molecule has 1 saturated heterocycles. The number of nitrogens with zero attached hydrogens (tertiary/aromatic N) is 8. The Morgan fingerprint density at radius 1 is 1.31 bits per heavy atom. The number of carboxylic acids is 1. The number of nitrogens with two attached hydrogens (primary N) is 1. The number of tetrazole rings is 1. The van der Waals surface area contributed by atoms with Crippen molar-refractivity contribution < 1.29 is 29.2 Å². The highest BCUT2D eigenvalue weighted by molar-refractivity contribution is 8.01. The number of hydroxylamine groups is 2. The number of carbonyl (C=O) groups excluding carboxylic acids is 2. The zero-order chi connectivity index (χ0) is 28.1. The van der Waals surface area contributed by atoms with Crippen LogP contribution in [0.3, 0.4) is 0 Å². The van der Waals surface area contributed by atoms with Gasteiger partial charge in [0.2, 0.25) is 11.2 Å². The Morgan fingerprint density at radius 2 is 2.05 bits per heavy atom.